The fourth-order valence-electron chi connectivity index (χ4n) is 2.04. The van der Waals surface area contributed by atoms with E-state index in [-0.39, 0.29) is 13.0 Å². The first-order valence-electron chi connectivity index (χ1n) is 6.29. The summed E-state index contributed by atoms with van der Waals surface area (Å²) in [6, 6.07) is 1.92. The van der Waals surface area contributed by atoms with Crippen LogP contribution in [0.4, 0.5) is 13.2 Å². The summed E-state index contributed by atoms with van der Waals surface area (Å²) in [6.07, 6.45) is -4.05. The smallest absolute Gasteiger partial charge is 0.411 e. The molecule has 1 aromatic carbocycles. The van der Waals surface area contributed by atoms with Crippen LogP contribution >= 0.6 is 27.5 Å². The highest BCUT2D eigenvalue weighted by molar-refractivity contribution is 9.10. The molecule has 0 radical (unpaired) electrons. The zero-order chi connectivity index (χ0) is 16.2. The van der Waals surface area contributed by atoms with Crippen molar-refractivity contribution in [1.29, 1.82) is 0 Å². The first kappa shape index (κ1) is 18.6. The quantitative estimate of drug-likeness (QED) is 0.484. The summed E-state index contributed by atoms with van der Waals surface area (Å²) in [5.74, 6) is 0.659. The molecule has 0 aliphatic carbocycles. The molecule has 1 rings (SSSR count). The van der Waals surface area contributed by atoms with Crippen molar-refractivity contribution in [1.82, 2.24) is 0 Å². The van der Waals surface area contributed by atoms with Gasteiger partial charge in [0.15, 0.2) is 0 Å². The van der Waals surface area contributed by atoms with Crippen LogP contribution in [-0.4, -0.2) is 26.5 Å². The van der Waals surface area contributed by atoms with E-state index in [2.05, 4.69) is 20.7 Å². The Morgan fingerprint density at radius 2 is 1.95 bits per heavy atom. The van der Waals surface area contributed by atoms with Gasteiger partial charge in [-0.2, -0.15) is 13.2 Å². The van der Waals surface area contributed by atoms with Crippen LogP contribution in [0.15, 0.2) is 10.5 Å². The van der Waals surface area contributed by atoms with E-state index in [0.29, 0.717) is 5.75 Å². The minimum atomic E-state index is -4.32. The third kappa shape index (κ3) is 5.34. The number of ether oxygens (including phenoxy) is 2. The lowest BCUT2D eigenvalue weighted by Gasteiger charge is -2.20. The van der Waals surface area contributed by atoms with Gasteiger partial charge in [0.25, 0.3) is 0 Å². The Bertz CT molecular complexity index is 492. The lowest BCUT2D eigenvalue weighted by atomic mass is 9.99. The molecule has 0 heterocycles. The van der Waals surface area contributed by atoms with Crippen LogP contribution in [0.3, 0.4) is 0 Å². The fourth-order valence-corrected chi connectivity index (χ4v) is 2.95. The Morgan fingerprint density at radius 1 is 1.33 bits per heavy atom. The second kappa shape index (κ2) is 7.70. The molecule has 1 aromatic rings. The molecule has 21 heavy (non-hydrogen) atoms. The van der Waals surface area contributed by atoms with Crippen LogP contribution in [0, 0.1) is 13.8 Å². The van der Waals surface area contributed by atoms with Gasteiger partial charge in [-0.15, -0.1) is 11.6 Å². The van der Waals surface area contributed by atoms with Crippen LogP contribution in [0.5, 0.6) is 5.75 Å². The summed E-state index contributed by atoms with van der Waals surface area (Å²) < 4.78 is 46.9. The Balaban J connectivity index is 2.80. The number of hydrogen-bond acceptors (Lipinski definition) is 2. The van der Waals surface area contributed by atoms with Gasteiger partial charge in [-0.1, -0.05) is 15.9 Å². The second-order valence-corrected chi connectivity index (χ2v) is 6.05. The molecule has 1 atom stereocenters. The molecular formula is C14H17BrClF3O2. The average Bonchev–Trinajstić information content (AvgIpc) is 2.37. The SMILES string of the molecule is COc1c(C)cc(Br)c(C)c1C(Cl)CCOCC(F)(F)F. The minimum Gasteiger partial charge on any atom is -0.496 e. The highest BCUT2D eigenvalue weighted by Crippen LogP contribution is 2.40. The average molecular weight is 390 g/mol. The monoisotopic (exact) mass is 388 g/mol. The third-order valence-corrected chi connectivity index (χ3v) is 4.27. The summed E-state index contributed by atoms with van der Waals surface area (Å²) in [5.41, 5.74) is 2.60. The standard InChI is InChI=1S/C14H17BrClF3O2/c1-8-6-10(15)9(2)12(13(8)20-3)11(16)4-5-21-7-14(17,18)19/h6,11H,4-5,7H2,1-3H3. The maximum Gasteiger partial charge on any atom is 0.411 e. The molecule has 2 nitrogen and oxygen atoms in total. The van der Waals surface area contributed by atoms with Gasteiger partial charge in [0.1, 0.15) is 12.4 Å². The predicted molar refractivity (Wildman–Crippen MR) is 80.3 cm³/mol. The van der Waals surface area contributed by atoms with E-state index in [4.69, 9.17) is 16.3 Å². The number of alkyl halides is 4. The first-order valence-corrected chi connectivity index (χ1v) is 7.52. The number of methoxy groups -OCH3 is 1. The van der Waals surface area contributed by atoms with E-state index >= 15 is 0 Å². The number of rotatable bonds is 6. The molecule has 0 fully saturated rings. The normalized spacial score (nSPS) is 13.3. The van der Waals surface area contributed by atoms with E-state index in [1.165, 1.54) is 0 Å². The van der Waals surface area contributed by atoms with Crippen molar-refractivity contribution in [2.45, 2.75) is 31.8 Å². The van der Waals surface area contributed by atoms with Gasteiger partial charge in [-0.05, 0) is 37.5 Å². The number of benzene rings is 1. The molecular weight excluding hydrogens is 373 g/mol. The summed E-state index contributed by atoms with van der Waals surface area (Å²) in [6.45, 7) is 2.44. The summed E-state index contributed by atoms with van der Waals surface area (Å²) in [7, 11) is 1.54. The Kier molecular flexibility index (Phi) is 6.81. The number of halogens is 5. The van der Waals surface area contributed by atoms with E-state index < -0.39 is 18.2 Å². The fraction of sp³-hybridized carbons (Fsp3) is 0.571. The molecule has 0 aliphatic heterocycles. The number of aryl methyl sites for hydroxylation is 1. The lowest BCUT2D eigenvalue weighted by Crippen LogP contribution is -2.17. The minimum absolute atomic E-state index is 0.0676. The van der Waals surface area contributed by atoms with E-state index in [1.54, 1.807) is 7.11 Å². The highest BCUT2D eigenvalue weighted by atomic mass is 79.9. The van der Waals surface area contributed by atoms with Gasteiger partial charge >= 0.3 is 6.18 Å². The molecule has 0 bridgehead atoms. The van der Waals surface area contributed by atoms with Gasteiger partial charge in [-0.25, -0.2) is 0 Å². The van der Waals surface area contributed by atoms with E-state index in [9.17, 15) is 13.2 Å². The zero-order valence-electron chi connectivity index (χ0n) is 12.0. The maximum atomic E-state index is 12.0. The maximum absolute atomic E-state index is 12.0. The van der Waals surface area contributed by atoms with Crippen LogP contribution in [0.1, 0.15) is 28.5 Å². The largest absolute Gasteiger partial charge is 0.496 e. The molecule has 0 saturated carbocycles. The van der Waals surface area contributed by atoms with Crippen LogP contribution in [-0.2, 0) is 4.74 Å². The summed E-state index contributed by atoms with van der Waals surface area (Å²) in [4.78, 5) is 0. The van der Waals surface area contributed by atoms with Crippen LogP contribution in [0.2, 0.25) is 0 Å². The van der Waals surface area contributed by atoms with Crippen molar-refractivity contribution in [3.05, 3.63) is 27.2 Å². The van der Waals surface area contributed by atoms with Crippen molar-refractivity contribution in [2.75, 3.05) is 20.3 Å². The van der Waals surface area contributed by atoms with Crippen LogP contribution in [0.25, 0.3) is 0 Å². The van der Waals surface area contributed by atoms with Gasteiger partial charge in [0, 0.05) is 16.6 Å². The Hall–Kier alpha value is -0.460. The molecule has 0 aliphatic rings. The van der Waals surface area contributed by atoms with Gasteiger partial charge in [0.2, 0.25) is 0 Å². The number of hydrogen-bond donors (Lipinski definition) is 0. The highest BCUT2D eigenvalue weighted by Gasteiger charge is 2.27. The van der Waals surface area contributed by atoms with Crippen molar-refractivity contribution in [3.63, 3.8) is 0 Å². The molecule has 120 valence electrons. The zero-order valence-corrected chi connectivity index (χ0v) is 14.3. The van der Waals surface area contributed by atoms with Crippen molar-refractivity contribution in [3.8, 4) is 5.75 Å². The van der Waals surface area contributed by atoms with Crippen molar-refractivity contribution in [2.24, 2.45) is 0 Å². The summed E-state index contributed by atoms with van der Waals surface area (Å²) in [5, 5.41) is -0.482. The molecule has 0 N–H and O–H groups in total. The molecule has 0 amide bonds. The summed E-state index contributed by atoms with van der Waals surface area (Å²) >= 11 is 9.77. The van der Waals surface area contributed by atoms with Gasteiger partial charge in [0.05, 0.1) is 12.5 Å². The molecule has 1 unspecified atom stereocenters. The van der Waals surface area contributed by atoms with E-state index in [1.807, 2.05) is 19.9 Å². The topological polar surface area (TPSA) is 18.5 Å². The molecule has 7 heteroatoms. The Labute approximate surface area is 135 Å². The lowest BCUT2D eigenvalue weighted by molar-refractivity contribution is -0.174. The molecule has 0 spiro atoms. The third-order valence-electron chi connectivity index (χ3n) is 3.01. The second-order valence-electron chi connectivity index (χ2n) is 4.67. The van der Waals surface area contributed by atoms with E-state index in [0.717, 1.165) is 21.2 Å². The van der Waals surface area contributed by atoms with Crippen LogP contribution < -0.4 is 4.74 Å². The first-order chi connectivity index (χ1) is 9.67. The predicted octanol–water partition coefficient (Wildman–Crippen LogP) is 5.32. The van der Waals surface area contributed by atoms with Crippen molar-refractivity contribution < 1.29 is 22.6 Å². The molecule has 0 saturated heterocycles. The van der Waals surface area contributed by atoms with Gasteiger partial charge in [-0.3, -0.25) is 0 Å². The molecule has 0 aromatic heterocycles. The van der Waals surface area contributed by atoms with Crippen molar-refractivity contribution >= 4 is 27.5 Å². The van der Waals surface area contributed by atoms with Gasteiger partial charge < -0.3 is 9.47 Å². The Morgan fingerprint density at radius 3 is 2.48 bits per heavy atom.